The molecule has 0 saturated carbocycles. The van der Waals surface area contributed by atoms with Gasteiger partial charge >= 0.3 is 17.6 Å². The molecule has 4 atom stereocenters. The predicted molar refractivity (Wildman–Crippen MR) is 108 cm³/mol. The van der Waals surface area contributed by atoms with Crippen LogP contribution in [0, 0.1) is 5.92 Å². The SMILES string of the molecule is CC.CC(OC(=O)C(N)C(C)C)C(=O)OCC1CCC(n2ccc(NO)nc2=O)O1. The van der Waals surface area contributed by atoms with E-state index in [0.29, 0.717) is 12.8 Å². The van der Waals surface area contributed by atoms with Crippen molar-refractivity contribution in [3.63, 3.8) is 0 Å². The number of ether oxygens (including phenoxy) is 3. The molecule has 1 fully saturated rings. The van der Waals surface area contributed by atoms with E-state index in [9.17, 15) is 14.4 Å². The van der Waals surface area contributed by atoms with E-state index < -0.39 is 42.1 Å². The van der Waals surface area contributed by atoms with Crippen LogP contribution in [-0.4, -0.2) is 51.6 Å². The molecule has 11 heteroatoms. The van der Waals surface area contributed by atoms with Crippen molar-refractivity contribution in [2.45, 2.75) is 71.9 Å². The molecule has 1 aromatic heterocycles. The van der Waals surface area contributed by atoms with Gasteiger partial charge in [-0.25, -0.2) is 9.59 Å². The Kier molecular flexibility index (Phi) is 10.4. The highest BCUT2D eigenvalue weighted by atomic mass is 16.6. The molecular weight excluding hydrogens is 396 g/mol. The van der Waals surface area contributed by atoms with E-state index in [0.717, 1.165) is 0 Å². The van der Waals surface area contributed by atoms with E-state index in [2.05, 4.69) is 4.98 Å². The fraction of sp³-hybridized carbons (Fsp3) is 0.684. The van der Waals surface area contributed by atoms with Gasteiger partial charge in [0.1, 0.15) is 18.9 Å². The highest BCUT2D eigenvalue weighted by Crippen LogP contribution is 2.27. The van der Waals surface area contributed by atoms with E-state index in [1.165, 1.54) is 23.8 Å². The minimum Gasteiger partial charge on any atom is -0.460 e. The molecule has 1 aliphatic rings. The number of nitrogens with two attached hydrogens (primary N) is 1. The summed E-state index contributed by atoms with van der Waals surface area (Å²) < 4.78 is 17.2. The van der Waals surface area contributed by atoms with Gasteiger partial charge in [0.25, 0.3) is 0 Å². The van der Waals surface area contributed by atoms with Crippen molar-refractivity contribution in [3.8, 4) is 0 Å². The molecular formula is C19H32N4O7. The first kappa shape index (κ1) is 25.5. The zero-order valence-electron chi connectivity index (χ0n) is 18.0. The van der Waals surface area contributed by atoms with Crippen LogP contribution < -0.4 is 16.9 Å². The van der Waals surface area contributed by atoms with Gasteiger partial charge in [0.05, 0.1) is 6.10 Å². The highest BCUT2D eigenvalue weighted by Gasteiger charge is 2.30. The Bertz CT molecular complexity index is 753. The monoisotopic (exact) mass is 428 g/mol. The van der Waals surface area contributed by atoms with Crippen LogP contribution in [0.4, 0.5) is 5.82 Å². The molecule has 30 heavy (non-hydrogen) atoms. The largest absolute Gasteiger partial charge is 0.460 e. The maximum absolute atomic E-state index is 12.0. The van der Waals surface area contributed by atoms with Crippen molar-refractivity contribution in [2.75, 3.05) is 12.1 Å². The van der Waals surface area contributed by atoms with E-state index >= 15 is 0 Å². The summed E-state index contributed by atoms with van der Waals surface area (Å²) in [6.45, 7) is 8.93. The molecule has 4 N–H and O–H groups in total. The quantitative estimate of drug-likeness (QED) is 0.406. The van der Waals surface area contributed by atoms with Gasteiger partial charge in [0.2, 0.25) is 0 Å². The number of hydrogen-bond acceptors (Lipinski definition) is 10. The standard InChI is InChI=1S/C17H26N4O7.C2H6/c1-9(2)14(18)16(23)27-10(3)15(22)26-8-11-4-5-13(28-11)21-7-6-12(20-25)19-17(21)24;1-2/h6-7,9-11,13-14,25H,4-5,8,18H2,1-3H3,(H,19,20,24);1-2H3. The van der Waals surface area contributed by atoms with Crippen LogP contribution >= 0.6 is 0 Å². The molecule has 0 amide bonds. The Hall–Kier alpha value is -2.50. The topological polar surface area (TPSA) is 155 Å². The summed E-state index contributed by atoms with van der Waals surface area (Å²) in [6, 6.07) is 0.615. The van der Waals surface area contributed by atoms with Crippen molar-refractivity contribution in [1.29, 1.82) is 0 Å². The third-order valence-electron chi connectivity index (χ3n) is 4.37. The molecule has 170 valence electrons. The minimum atomic E-state index is -1.08. The Balaban J connectivity index is 0.00000218. The normalized spacial score (nSPS) is 20.0. The number of rotatable bonds is 8. The highest BCUT2D eigenvalue weighted by molar-refractivity contribution is 5.81. The lowest BCUT2D eigenvalue weighted by Crippen LogP contribution is -2.40. The fourth-order valence-corrected chi connectivity index (χ4v) is 2.57. The van der Waals surface area contributed by atoms with E-state index in [1.807, 2.05) is 13.8 Å². The van der Waals surface area contributed by atoms with Gasteiger partial charge in [0, 0.05) is 6.20 Å². The van der Waals surface area contributed by atoms with Crippen molar-refractivity contribution in [3.05, 3.63) is 22.7 Å². The third-order valence-corrected chi connectivity index (χ3v) is 4.37. The summed E-state index contributed by atoms with van der Waals surface area (Å²) in [6.07, 6.45) is 0.514. The zero-order chi connectivity index (χ0) is 22.8. The molecule has 0 spiro atoms. The van der Waals surface area contributed by atoms with Crippen LogP contribution in [0.25, 0.3) is 0 Å². The summed E-state index contributed by atoms with van der Waals surface area (Å²) in [5, 5.41) is 8.76. The van der Waals surface area contributed by atoms with Gasteiger partial charge in [0.15, 0.2) is 11.9 Å². The summed E-state index contributed by atoms with van der Waals surface area (Å²) in [4.78, 5) is 39.4. The molecule has 0 radical (unpaired) electrons. The molecule has 0 bridgehead atoms. The summed E-state index contributed by atoms with van der Waals surface area (Å²) >= 11 is 0. The summed E-state index contributed by atoms with van der Waals surface area (Å²) in [7, 11) is 0. The Morgan fingerprint density at radius 2 is 2.00 bits per heavy atom. The van der Waals surface area contributed by atoms with Gasteiger partial charge in [-0.05, 0) is 31.7 Å². The second kappa shape index (κ2) is 12.3. The lowest BCUT2D eigenvalue weighted by Gasteiger charge is -2.19. The number of nitrogens with zero attached hydrogens (tertiary/aromatic N) is 2. The average Bonchev–Trinajstić information content (AvgIpc) is 3.21. The molecule has 4 unspecified atom stereocenters. The van der Waals surface area contributed by atoms with Crippen molar-refractivity contribution in [1.82, 2.24) is 9.55 Å². The van der Waals surface area contributed by atoms with Crippen LogP contribution in [0.3, 0.4) is 0 Å². The molecule has 11 nitrogen and oxygen atoms in total. The molecule has 0 aromatic carbocycles. The first-order chi connectivity index (χ1) is 14.2. The van der Waals surface area contributed by atoms with Crippen LogP contribution in [-0.2, 0) is 23.8 Å². The Labute approximate surface area is 175 Å². The number of nitrogens with one attached hydrogen (secondary N) is 1. The number of hydrogen-bond donors (Lipinski definition) is 3. The lowest BCUT2D eigenvalue weighted by atomic mass is 10.1. The smallest absolute Gasteiger partial charge is 0.351 e. The van der Waals surface area contributed by atoms with Crippen molar-refractivity contribution in [2.24, 2.45) is 11.7 Å². The number of carbonyl (C=O) groups excluding carboxylic acids is 2. The average molecular weight is 428 g/mol. The third kappa shape index (κ3) is 7.08. The summed E-state index contributed by atoms with van der Waals surface area (Å²) in [5.41, 5.74) is 6.90. The van der Waals surface area contributed by atoms with Gasteiger partial charge in [-0.3, -0.25) is 20.0 Å². The Morgan fingerprint density at radius 3 is 2.57 bits per heavy atom. The maximum Gasteiger partial charge on any atom is 0.351 e. The van der Waals surface area contributed by atoms with Crippen LogP contribution in [0.2, 0.25) is 0 Å². The minimum absolute atomic E-state index is 0.0328. The Morgan fingerprint density at radius 1 is 1.33 bits per heavy atom. The van der Waals surface area contributed by atoms with Gasteiger partial charge in [-0.1, -0.05) is 27.7 Å². The molecule has 2 heterocycles. The number of carbonyl (C=O) groups is 2. The van der Waals surface area contributed by atoms with Gasteiger partial charge < -0.3 is 19.9 Å². The molecule has 0 aliphatic carbocycles. The fourth-order valence-electron chi connectivity index (χ4n) is 2.57. The van der Waals surface area contributed by atoms with E-state index in [-0.39, 0.29) is 18.3 Å². The maximum atomic E-state index is 12.0. The van der Waals surface area contributed by atoms with Crippen molar-refractivity contribution >= 4 is 17.8 Å². The van der Waals surface area contributed by atoms with Gasteiger partial charge in [-0.15, -0.1) is 0 Å². The van der Waals surface area contributed by atoms with Crippen LogP contribution in [0.1, 0.15) is 53.7 Å². The lowest BCUT2D eigenvalue weighted by molar-refractivity contribution is -0.170. The predicted octanol–water partition coefficient (Wildman–Crippen LogP) is 1.21. The first-order valence-electron chi connectivity index (χ1n) is 10.0. The zero-order valence-corrected chi connectivity index (χ0v) is 18.0. The second-order valence-electron chi connectivity index (χ2n) is 6.88. The van der Waals surface area contributed by atoms with Crippen LogP contribution in [0.15, 0.2) is 17.1 Å². The van der Waals surface area contributed by atoms with Crippen LogP contribution in [0.5, 0.6) is 0 Å². The molecule has 1 saturated heterocycles. The first-order valence-corrected chi connectivity index (χ1v) is 10.0. The van der Waals surface area contributed by atoms with Crippen molar-refractivity contribution < 1.29 is 29.0 Å². The van der Waals surface area contributed by atoms with E-state index in [4.69, 9.17) is 25.2 Å². The second-order valence-corrected chi connectivity index (χ2v) is 6.88. The molecule has 1 aliphatic heterocycles. The van der Waals surface area contributed by atoms with Gasteiger partial charge in [-0.2, -0.15) is 4.98 Å². The summed E-state index contributed by atoms with van der Waals surface area (Å²) in [5.74, 6) is -1.44. The molecule has 2 rings (SSSR count). The van der Waals surface area contributed by atoms with E-state index in [1.54, 1.807) is 19.3 Å². The number of aromatic nitrogens is 2. The number of esters is 2. The molecule has 1 aromatic rings. The number of anilines is 1.